The molecule has 0 atom stereocenters. The van der Waals surface area contributed by atoms with Crippen LogP contribution in [0.5, 0.6) is 0 Å². The monoisotopic (exact) mass is 164 g/mol. The van der Waals surface area contributed by atoms with Gasteiger partial charge in [0.15, 0.2) is 0 Å². The van der Waals surface area contributed by atoms with E-state index in [1.165, 1.54) is 10.7 Å². The summed E-state index contributed by atoms with van der Waals surface area (Å²) in [6, 6.07) is 3.33. The predicted octanol–water partition coefficient (Wildman–Crippen LogP) is 0.637. The van der Waals surface area contributed by atoms with Crippen LogP contribution in [0.25, 0.3) is 5.65 Å². The molecule has 6 heteroatoms. The van der Waals surface area contributed by atoms with E-state index in [1.54, 1.807) is 18.3 Å². The van der Waals surface area contributed by atoms with Gasteiger partial charge in [-0.3, -0.25) is 0 Å². The van der Waals surface area contributed by atoms with Gasteiger partial charge in [0, 0.05) is 12.3 Å². The van der Waals surface area contributed by atoms with E-state index in [1.807, 2.05) is 0 Å². The SMILES string of the molecule is O=[N+]([O-])c1cn2ncccc2n1. The maximum absolute atomic E-state index is 10.3. The zero-order valence-corrected chi connectivity index (χ0v) is 5.91. The van der Waals surface area contributed by atoms with Crippen molar-refractivity contribution in [3.8, 4) is 0 Å². The van der Waals surface area contributed by atoms with Gasteiger partial charge in [0.05, 0.1) is 0 Å². The van der Waals surface area contributed by atoms with E-state index in [2.05, 4.69) is 10.1 Å². The van der Waals surface area contributed by atoms with Gasteiger partial charge in [0.2, 0.25) is 0 Å². The molecule has 2 heterocycles. The Morgan fingerprint density at radius 1 is 1.58 bits per heavy atom. The third-order valence-electron chi connectivity index (χ3n) is 1.41. The Balaban J connectivity index is 2.70. The van der Waals surface area contributed by atoms with Crippen molar-refractivity contribution in [1.29, 1.82) is 0 Å². The zero-order chi connectivity index (χ0) is 8.55. The Labute approximate surface area is 66.6 Å². The van der Waals surface area contributed by atoms with Crippen molar-refractivity contribution >= 4 is 11.5 Å². The van der Waals surface area contributed by atoms with Gasteiger partial charge in [0.1, 0.15) is 6.20 Å². The smallest absolute Gasteiger partial charge is 0.358 e. The molecule has 2 aromatic rings. The molecule has 2 rings (SSSR count). The van der Waals surface area contributed by atoms with Crippen molar-refractivity contribution in [1.82, 2.24) is 14.6 Å². The minimum atomic E-state index is -0.547. The highest BCUT2D eigenvalue weighted by Gasteiger charge is 2.11. The van der Waals surface area contributed by atoms with Crippen LogP contribution in [0, 0.1) is 10.1 Å². The van der Waals surface area contributed by atoms with Crippen LogP contribution in [0.3, 0.4) is 0 Å². The summed E-state index contributed by atoms with van der Waals surface area (Å²) in [4.78, 5) is 13.4. The first-order valence-electron chi connectivity index (χ1n) is 3.22. The number of nitrogens with zero attached hydrogens (tertiary/aromatic N) is 4. The van der Waals surface area contributed by atoms with Gasteiger partial charge in [-0.25, -0.2) is 0 Å². The topological polar surface area (TPSA) is 73.3 Å². The number of hydrogen-bond acceptors (Lipinski definition) is 4. The van der Waals surface area contributed by atoms with Crippen LogP contribution in [0.4, 0.5) is 5.82 Å². The molecule has 0 aliphatic carbocycles. The molecule has 0 aromatic carbocycles. The summed E-state index contributed by atoms with van der Waals surface area (Å²) in [5, 5.41) is 14.1. The molecule has 0 saturated heterocycles. The molecule has 60 valence electrons. The minimum Gasteiger partial charge on any atom is -0.358 e. The molecule has 0 N–H and O–H groups in total. The molecule has 0 bridgehead atoms. The van der Waals surface area contributed by atoms with Crippen LogP contribution >= 0.6 is 0 Å². The van der Waals surface area contributed by atoms with E-state index in [0.29, 0.717) is 5.65 Å². The number of fused-ring (bicyclic) bond motifs is 1. The first kappa shape index (κ1) is 6.71. The summed E-state index contributed by atoms with van der Waals surface area (Å²) in [7, 11) is 0. The highest BCUT2D eigenvalue weighted by atomic mass is 16.6. The molecule has 6 nitrogen and oxygen atoms in total. The first-order valence-corrected chi connectivity index (χ1v) is 3.22. The predicted molar refractivity (Wildman–Crippen MR) is 39.6 cm³/mol. The van der Waals surface area contributed by atoms with Gasteiger partial charge in [-0.05, 0) is 16.0 Å². The van der Waals surface area contributed by atoms with Gasteiger partial charge < -0.3 is 10.1 Å². The van der Waals surface area contributed by atoms with Gasteiger partial charge in [-0.1, -0.05) is 0 Å². The van der Waals surface area contributed by atoms with E-state index in [-0.39, 0.29) is 5.82 Å². The van der Waals surface area contributed by atoms with Crippen LogP contribution in [-0.2, 0) is 0 Å². The molecule has 0 fully saturated rings. The summed E-state index contributed by atoms with van der Waals surface area (Å²) in [6.07, 6.45) is 2.81. The maximum Gasteiger partial charge on any atom is 0.384 e. The molecular weight excluding hydrogens is 160 g/mol. The Hall–Kier alpha value is -1.98. The number of aromatic nitrogens is 3. The van der Waals surface area contributed by atoms with Crippen molar-refractivity contribution < 1.29 is 4.92 Å². The highest BCUT2D eigenvalue weighted by molar-refractivity contribution is 5.41. The molecule has 0 radical (unpaired) electrons. The number of rotatable bonds is 1. The quantitative estimate of drug-likeness (QED) is 0.457. The third kappa shape index (κ3) is 0.895. The third-order valence-corrected chi connectivity index (χ3v) is 1.41. The lowest BCUT2D eigenvalue weighted by molar-refractivity contribution is -0.389. The molecule has 0 saturated carbocycles. The second kappa shape index (κ2) is 2.26. The summed E-state index contributed by atoms with van der Waals surface area (Å²) < 4.78 is 1.36. The number of hydrogen-bond donors (Lipinski definition) is 0. The Morgan fingerprint density at radius 3 is 3.08 bits per heavy atom. The van der Waals surface area contributed by atoms with E-state index < -0.39 is 4.92 Å². The van der Waals surface area contributed by atoms with E-state index in [4.69, 9.17) is 0 Å². The second-order valence-electron chi connectivity index (χ2n) is 2.18. The lowest BCUT2D eigenvalue weighted by atomic mass is 10.6. The fourth-order valence-electron chi connectivity index (χ4n) is 0.906. The molecule has 0 aliphatic heterocycles. The molecular formula is C6H4N4O2. The lowest BCUT2D eigenvalue weighted by Crippen LogP contribution is -1.86. The number of nitro groups is 1. The van der Waals surface area contributed by atoms with E-state index in [9.17, 15) is 10.1 Å². The molecule has 0 spiro atoms. The van der Waals surface area contributed by atoms with Crippen LogP contribution in [0.1, 0.15) is 0 Å². The number of imidazole rings is 1. The van der Waals surface area contributed by atoms with E-state index in [0.717, 1.165) is 0 Å². The van der Waals surface area contributed by atoms with Crippen LogP contribution in [-0.4, -0.2) is 19.5 Å². The summed E-state index contributed by atoms with van der Waals surface area (Å²) in [6.45, 7) is 0. The molecule has 0 unspecified atom stereocenters. The van der Waals surface area contributed by atoms with Crippen molar-refractivity contribution in [3.05, 3.63) is 34.6 Å². The van der Waals surface area contributed by atoms with Gasteiger partial charge in [-0.2, -0.15) is 9.61 Å². The van der Waals surface area contributed by atoms with Crippen molar-refractivity contribution in [3.63, 3.8) is 0 Å². The van der Waals surface area contributed by atoms with Gasteiger partial charge >= 0.3 is 5.82 Å². The normalized spacial score (nSPS) is 10.3. The highest BCUT2D eigenvalue weighted by Crippen LogP contribution is 2.08. The maximum atomic E-state index is 10.3. The minimum absolute atomic E-state index is 0.186. The fourth-order valence-corrected chi connectivity index (χ4v) is 0.906. The van der Waals surface area contributed by atoms with Gasteiger partial charge in [-0.15, -0.1) is 0 Å². The van der Waals surface area contributed by atoms with Crippen molar-refractivity contribution in [2.24, 2.45) is 0 Å². The molecule has 0 aliphatic rings. The van der Waals surface area contributed by atoms with Gasteiger partial charge in [0.25, 0.3) is 5.65 Å². The summed E-state index contributed by atoms with van der Waals surface area (Å²) in [5.41, 5.74) is 0.476. The van der Waals surface area contributed by atoms with Crippen LogP contribution in [0.15, 0.2) is 24.5 Å². The Kier molecular flexibility index (Phi) is 1.26. The van der Waals surface area contributed by atoms with Crippen LogP contribution < -0.4 is 0 Å². The second-order valence-corrected chi connectivity index (χ2v) is 2.18. The first-order chi connectivity index (χ1) is 5.77. The fraction of sp³-hybridized carbons (Fsp3) is 0. The summed E-state index contributed by atoms with van der Waals surface area (Å²) in [5.74, 6) is -0.186. The van der Waals surface area contributed by atoms with E-state index >= 15 is 0 Å². The average Bonchev–Trinajstić information content (AvgIpc) is 2.46. The largest absolute Gasteiger partial charge is 0.384 e. The average molecular weight is 164 g/mol. The molecule has 12 heavy (non-hydrogen) atoms. The summed E-state index contributed by atoms with van der Waals surface area (Å²) >= 11 is 0. The van der Waals surface area contributed by atoms with Crippen molar-refractivity contribution in [2.45, 2.75) is 0 Å². The molecule has 0 amide bonds. The lowest BCUT2D eigenvalue weighted by Gasteiger charge is -1.82. The van der Waals surface area contributed by atoms with Crippen molar-refractivity contribution in [2.75, 3.05) is 0 Å². The standard InChI is InChI=1S/C6H4N4O2/c11-10(12)6-4-9-5(8-6)2-1-3-7-9/h1-4H. The molecule has 2 aromatic heterocycles. The van der Waals surface area contributed by atoms with Crippen LogP contribution in [0.2, 0.25) is 0 Å². The Morgan fingerprint density at radius 2 is 2.42 bits per heavy atom. The zero-order valence-electron chi connectivity index (χ0n) is 5.91. The Bertz CT molecular complexity index is 403.